The van der Waals surface area contributed by atoms with Gasteiger partial charge in [0.1, 0.15) is 0 Å². The Hall–Kier alpha value is -0.880. The molecule has 0 aromatic carbocycles. The molecule has 0 aliphatic carbocycles. The first-order chi connectivity index (χ1) is 6.94. The quantitative estimate of drug-likeness (QED) is 0.821. The predicted octanol–water partition coefficient (Wildman–Crippen LogP) is 0.973. The SMILES string of the molecule is CC1(C)CCCN1S(=O)(=O)c1ccn[nH]1. The Kier molecular flexibility index (Phi) is 2.35. The van der Waals surface area contributed by atoms with Crippen LogP contribution in [0.4, 0.5) is 0 Å². The molecule has 5 nitrogen and oxygen atoms in total. The standard InChI is InChI=1S/C9H15N3O2S/c1-9(2)5-3-7-12(9)15(13,14)8-4-6-10-11-8/h4,6H,3,5,7H2,1-2H3,(H,10,11). The van der Waals surface area contributed by atoms with Crippen LogP contribution in [0.2, 0.25) is 0 Å². The number of sulfonamides is 1. The zero-order chi connectivity index (χ0) is 11.1. The van der Waals surface area contributed by atoms with Crippen LogP contribution in [0.25, 0.3) is 0 Å². The molecule has 0 saturated carbocycles. The van der Waals surface area contributed by atoms with Gasteiger partial charge in [0.15, 0.2) is 5.03 Å². The van der Waals surface area contributed by atoms with E-state index in [0.29, 0.717) is 6.54 Å². The van der Waals surface area contributed by atoms with E-state index in [1.165, 1.54) is 12.3 Å². The van der Waals surface area contributed by atoms with Crippen molar-refractivity contribution in [3.05, 3.63) is 12.3 Å². The minimum Gasteiger partial charge on any atom is -0.266 e. The molecule has 2 rings (SSSR count). The zero-order valence-corrected chi connectivity index (χ0v) is 9.71. The van der Waals surface area contributed by atoms with Gasteiger partial charge in [-0.1, -0.05) is 0 Å². The molecule has 0 spiro atoms. The Labute approximate surface area is 89.5 Å². The van der Waals surface area contributed by atoms with Crippen molar-refractivity contribution < 1.29 is 8.42 Å². The second-order valence-corrected chi connectivity index (χ2v) is 6.24. The molecule has 0 amide bonds. The summed E-state index contributed by atoms with van der Waals surface area (Å²) in [6.07, 6.45) is 3.27. The summed E-state index contributed by atoms with van der Waals surface area (Å²) in [7, 11) is -3.39. The van der Waals surface area contributed by atoms with E-state index in [-0.39, 0.29) is 10.6 Å². The highest BCUT2D eigenvalue weighted by Gasteiger charge is 2.41. The summed E-state index contributed by atoms with van der Waals surface area (Å²) in [5, 5.41) is 6.37. The van der Waals surface area contributed by atoms with Crippen LogP contribution in [-0.4, -0.2) is 35.0 Å². The highest BCUT2D eigenvalue weighted by molar-refractivity contribution is 7.89. The monoisotopic (exact) mass is 229 g/mol. The summed E-state index contributed by atoms with van der Waals surface area (Å²) in [4.78, 5) is 0. The molecule has 15 heavy (non-hydrogen) atoms. The molecule has 6 heteroatoms. The van der Waals surface area contributed by atoms with Gasteiger partial charge in [0.2, 0.25) is 0 Å². The minimum atomic E-state index is -3.39. The lowest BCUT2D eigenvalue weighted by Crippen LogP contribution is -2.42. The summed E-state index contributed by atoms with van der Waals surface area (Å²) in [5.41, 5.74) is -0.288. The van der Waals surface area contributed by atoms with E-state index in [1.807, 2.05) is 13.8 Å². The summed E-state index contributed by atoms with van der Waals surface area (Å²) >= 11 is 0. The Morgan fingerprint density at radius 2 is 2.27 bits per heavy atom. The molecular formula is C9H15N3O2S. The average Bonchev–Trinajstić information content (AvgIpc) is 2.71. The third-order valence-corrected chi connectivity index (χ3v) is 4.91. The van der Waals surface area contributed by atoms with E-state index in [1.54, 1.807) is 4.31 Å². The number of nitrogens with zero attached hydrogens (tertiary/aromatic N) is 2. The van der Waals surface area contributed by atoms with Gasteiger partial charge >= 0.3 is 0 Å². The van der Waals surface area contributed by atoms with Crippen molar-refractivity contribution in [1.29, 1.82) is 0 Å². The van der Waals surface area contributed by atoms with Crippen molar-refractivity contribution in [2.45, 2.75) is 37.3 Å². The van der Waals surface area contributed by atoms with E-state index in [0.717, 1.165) is 12.8 Å². The maximum atomic E-state index is 12.2. The number of rotatable bonds is 2. The van der Waals surface area contributed by atoms with Crippen LogP contribution in [0, 0.1) is 0 Å². The van der Waals surface area contributed by atoms with Crippen molar-refractivity contribution >= 4 is 10.0 Å². The van der Waals surface area contributed by atoms with Crippen LogP contribution < -0.4 is 0 Å². The van der Waals surface area contributed by atoms with Crippen LogP contribution in [0.1, 0.15) is 26.7 Å². The number of hydrogen-bond donors (Lipinski definition) is 1. The Balaban J connectivity index is 2.39. The van der Waals surface area contributed by atoms with Gasteiger partial charge < -0.3 is 0 Å². The first kappa shape index (κ1) is 10.6. The largest absolute Gasteiger partial charge is 0.266 e. The smallest absolute Gasteiger partial charge is 0.260 e. The molecule has 1 fully saturated rings. The van der Waals surface area contributed by atoms with Crippen LogP contribution in [0.3, 0.4) is 0 Å². The molecule has 0 unspecified atom stereocenters. The molecule has 0 radical (unpaired) electrons. The van der Waals surface area contributed by atoms with Crippen LogP contribution in [0.5, 0.6) is 0 Å². The van der Waals surface area contributed by atoms with Gasteiger partial charge in [-0.3, -0.25) is 5.10 Å². The Bertz CT molecular complexity index is 436. The topological polar surface area (TPSA) is 66.1 Å². The summed E-state index contributed by atoms with van der Waals surface area (Å²) in [6, 6.07) is 1.49. The second-order valence-electron chi connectivity index (χ2n) is 4.41. The van der Waals surface area contributed by atoms with Crippen molar-refractivity contribution in [3.8, 4) is 0 Å². The molecule has 1 aromatic rings. The molecule has 2 heterocycles. The highest BCUT2D eigenvalue weighted by Crippen LogP contribution is 2.33. The predicted molar refractivity (Wildman–Crippen MR) is 55.8 cm³/mol. The minimum absolute atomic E-state index is 0.178. The molecule has 0 bridgehead atoms. The van der Waals surface area contributed by atoms with Gasteiger partial charge in [-0.15, -0.1) is 0 Å². The number of nitrogens with one attached hydrogen (secondary N) is 1. The number of hydrogen-bond acceptors (Lipinski definition) is 3. The summed E-state index contributed by atoms with van der Waals surface area (Å²) in [5.74, 6) is 0. The lowest BCUT2D eigenvalue weighted by Gasteiger charge is -2.29. The third-order valence-electron chi connectivity index (χ3n) is 2.87. The van der Waals surface area contributed by atoms with Gasteiger partial charge in [-0.05, 0) is 32.8 Å². The van der Waals surface area contributed by atoms with Crippen LogP contribution in [0.15, 0.2) is 17.3 Å². The molecule has 1 aliphatic rings. The fraction of sp³-hybridized carbons (Fsp3) is 0.667. The first-order valence-electron chi connectivity index (χ1n) is 4.97. The van der Waals surface area contributed by atoms with E-state index < -0.39 is 10.0 Å². The molecule has 1 N–H and O–H groups in total. The molecule has 0 atom stereocenters. The molecular weight excluding hydrogens is 214 g/mol. The maximum Gasteiger partial charge on any atom is 0.260 e. The average molecular weight is 229 g/mol. The van der Waals surface area contributed by atoms with Crippen LogP contribution >= 0.6 is 0 Å². The fourth-order valence-electron chi connectivity index (χ4n) is 2.03. The lowest BCUT2D eigenvalue weighted by atomic mass is 10.0. The number of aromatic amines is 1. The third kappa shape index (κ3) is 1.68. The molecule has 1 aliphatic heterocycles. The summed E-state index contributed by atoms with van der Waals surface area (Å²) < 4.78 is 25.9. The number of aromatic nitrogens is 2. The Morgan fingerprint density at radius 3 is 2.73 bits per heavy atom. The zero-order valence-electron chi connectivity index (χ0n) is 8.90. The molecule has 84 valence electrons. The second kappa shape index (κ2) is 3.31. The van der Waals surface area contributed by atoms with Crippen molar-refractivity contribution in [1.82, 2.24) is 14.5 Å². The highest BCUT2D eigenvalue weighted by atomic mass is 32.2. The Morgan fingerprint density at radius 1 is 1.53 bits per heavy atom. The molecule has 1 aromatic heterocycles. The van der Waals surface area contributed by atoms with E-state index in [2.05, 4.69) is 10.2 Å². The lowest BCUT2D eigenvalue weighted by molar-refractivity contribution is 0.291. The number of H-pyrrole nitrogens is 1. The van der Waals surface area contributed by atoms with Gasteiger partial charge in [-0.2, -0.15) is 9.40 Å². The van der Waals surface area contributed by atoms with Crippen molar-refractivity contribution in [2.75, 3.05) is 6.54 Å². The van der Waals surface area contributed by atoms with E-state index >= 15 is 0 Å². The maximum absolute atomic E-state index is 12.2. The summed E-state index contributed by atoms with van der Waals surface area (Å²) in [6.45, 7) is 4.50. The van der Waals surface area contributed by atoms with Gasteiger partial charge in [-0.25, -0.2) is 8.42 Å². The molecule has 1 saturated heterocycles. The van der Waals surface area contributed by atoms with E-state index in [4.69, 9.17) is 0 Å². The normalized spacial score (nSPS) is 22.0. The van der Waals surface area contributed by atoms with Gasteiger partial charge in [0, 0.05) is 12.1 Å². The van der Waals surface area contributed by atoms with Crippen molar-refractivity contribution in [3.63, 3.8) is 0 Å². The van der Waals surface area contributed by atoms with Gasteiger partial charge in [0.25, 0.3) is 10.0 Å². The van der Waals surface area contributed by atoms with E-state index in [9.17, 15) is 8.42 Å². The first-order valence-corrected chi connectivity index (χ1v) is 6.41. The van der Waals surface area contributed by atoms with Gasteiger partial charge in [0.05, 0.1) is 6.20 Å². The van der Waals surface area contributed by atoms with Crippen LogP contribution in [-0.2, 0) is 10.0 Å². The fourth-order valence-corrected chi connectivity index (χ4v) is 3.78. The van der Waals surface area contributed by atoms with Crippen molar-refractivity contribution in [2.24, 2.45) is 0 Å².